The maximum absolute atomic E-state index is 12.6. The Morgan fingerprint density at radius 2 is 1.52 bits per heavy atom. The van der Waals surface area contributed by atoms with Crippen LogP contribution in [0.15, 0.2) is 47.4 Å². The van der Waals surface area contributed by atoms with Crippen molar-refractivity contribution in [1.29, 1.82) is 0 Å². The standard InChI is InChI=1S/C28H36O4S/c1-18(2)23-15-20(9-14-25(29)21-10-12-22(33-8)13-11-21)16-24(19(3)4)27(23)31-17-26(30)32-28(5,6)7/h9-16,18-19H,17H2,1-8H3. The molecular weight excluding hydrogens is 432 g/mol. The van der Waals surface area contributed by atoms with Crippen molar-refractivity contribution in [2.24, 2.45) is 0 Å². The van der Waals surface area contributed by atoms with Gasteiger partial charge in [0.05, 0.1) is 0 Å². The van der Waals surface area contributed by atoms with Gasteiger partial charge in [0.15, 0.2) is 12.4 Å². The molecule has 2 rings (SSSR count). The van der Waals surface area contributed by atoms with Crippen molar-refractivity contribution in [3.63, 3.8) is 0 Å². The minimum absolute atomic E-state index is 0.0369. The quantitative estimate of drug-likeness (QED) is 0.168. The number of carbonyl (C=O) groups excluding carboxylic acids is 2. The molecule has 0 bridgehead atoms. The Hall–Kier alpha value is -2.53. The van der Waals surface area contributed by atoms with Gasteiger partial charge < -0.3 is 9.47 Å². The van der Waals surface area contributed by atoms with Crippen molar-refractivity contribution in [2.45, 2.75) is 70.8 Å². The van der Waals surface area contributed by atoms with Gasteiger partial charge in [0.2, 0.25) is 0 Å². The second kappa shape index (κ2) is 11.6. The first kappa shape index (κ1) is 26.7. The highest BCUT2D eigenvalue weighted by Crippen LogP contribution is 2.36. The molecule has 0 atom stereocenters. The summed E-state index contributed by atoms with van der Waals surface area (Å²) >= 11 is 1.65. The number of hydrogen-bond acceptors (Lipinski definition) is 5. The molecule has 0 aromatic heterocycles. The van der Waals surface area contributed by atoms with Gasteiger partial charge in [-0.1, -0.05) is 33.8 Å². The summed E-state index contributed by atoms with van der Waals surface area (Å²) in [6.07, 6.45) is 5.47. The van der Waals surface area contributed by atoms with E-state index in [1.165, 1.54) is 0 Å². The molecule has 0 saturated carbocycles. The first-order chi connectivity index (χ1) is 15.4. The van der Waals surface area contributed by atoms with Crippen LogP contribution in [0.3, 0.4) is 0 Å². The number of hydrogen-bond donors (Lipinski definition) is 0. The third-order valence-electron chi connectivity index (χ3n) is 4.97. The molecule has 0 saturated heterocycles. The molecule has 0 fully saturated rings. The van der Waals surface area contributed by atoms with Crippen molar-refractivity contribution >= 4 is 29.6 Å². The van der Waals surface area contributed by atoms with Crippen molar-refractivity contribution in [2.75, 3.05) is 12.9 Å². The van der Waals surface area contributed by atoms with E-state index in [0.717, 1.165) is 27.3 Å². The summed E-state index contributed by atoms with van der Waals surface area (Å²) in [6.45, 7) is 13.7. The van der Waals surface area contributed by atoms with E-state index in [2.05, 4.69) is 27.7 Å². The fourth-order valence-electron chi connectivity index (χ4n) is 3.34. The van der Waals surface area contributed by atoms with E-state index in [0.29, 0.717) is 5.56 Å². The topological polar surface area (TPSA) is 52.6 Å². The van der Waals surface area contributed by atoms with Crippen LogP contribution in [0.1, 0.15) is 87.4 Å². The Bertz CT molecular complexity index is 967. The van der Waals surface area contributed by atoms with E-state index in [4.69, 9.17) is 9.47 Å². The highest BCUT2D eigenvalue weighted by atomic mass is 32.2. The molecule has 178 valence electrons. The van der Waals surface area contributed by atoms with Crippen LogP contribution in [0.25, 0.3) is 6.08 Å². The molecule has 0 N–H and O–H groups in total. The lowest BCUT2D eigenvalue weighted by molar-refractivity contribution is -0.157. The molecule has 0 unspecified atom stereocenters. The van der Waals surface area contributed by atoms with Crippen LogP contribution < -0.4 is 4.74 Å². The molecule has 0 aliphatic heterocycles. The average molecular weight is 469 g/mol. The Morgan fingerprint density at radius 3 is 1.97 bits per heavy atom. The van der Waals surface area contributed by atoms with Gasteiger partial charge in [-0.3, -0.25) is 4.79 Å². The second-order valence-corrected chi connectivity index (χ2v) is 10.5. The molecule has 0 aliphatic rings. The number of benzene rings is 2. The van der Waals surface area contributed by atoms with Crippen LogP contribution in [-0.4, -0.2) is 30.2 Å². The molecule has 2 aromatic rings. The van der Waals surface area contributed by atoms with Crippen LogP contribution in [0.2, 0.25) is 0 Å². The van der Waals surface area contributed by atoms with Gasteiger partial charge in [-0.15, -0.1) is 11.8 Å². The van der Waals surface area contributed by atoms with Crippen molar-refractivity contribution in [1.82, 2.24) is 0 Å². The number of esters is 1. The van der Waals surface area contributed by atoms with Crippen molar-refractivity contribution in [3.05, 3.63) is 64.7 Å². The molecule has 0 spiro atoms. The summed E-state index contributed by atoms with van der Waals surface area (Å²) in [5.74, 6) is 0.652. The van der Waals surface area contributed by atoms with E-state index in [1.807, 2.05) is 69.5 Å². The molecule has 0 heterocycles. The predicted molar refractivity (Wildman–Crippen MR) is 138 cm³/mol. The van der Waals surface area contributed by atoms with Gasteiger partial charge >= 0.3 is 5.97 Å². The maximum atomic E-state index is 12.6. The highest BCUT2D eigenvalue weighted by Gasteiger charge is 2.21. The Morgan fingerprint density at radius 1 is 0.970 bits per heavy atom. The molecule has 0 amide bonds. The van der Waals surface area contributed by atoms with Gasteiger partial charge in [-0.2, -0.15) is 0 Å². The van der Waals surface area contributed by atoms with E-state index < -0.39 is 11.6 Å². The zero-order chi connectivity index (χ0) is 24.8. The normalized spacial score (nSPS) is 11.9. The summed E-state index contributed by atoms with van der Waals surface area (Å²) in [7, 11) is 0. The SMILES string of the molecule is CSc1ccc(C(=O)C=Cc2cc(C(C)C)c(OCC(=O)OC(C)(C)C)c(C(C)C)c2)cc1. The zero-order valence-electron chi connectivity index (χ0n) is 21.0. The van der Waals surface area contributed by atoms with Crippen LogP contribution in [0, 0.1) is 0 Å². The van der Waals surface area contributed by atoms with Gasteiger partial charge in [-0.25, -0.2) is 4.79 Å². The number of rotatable bonds is 9. The third-order valence-corrected chi connectivity index (χ3v) is 5.71. The number of thioether (sulfide) groups is 1. The maximum Gasteiger partial charge on any atom is 0.344 e. The van der Waals surface area contributed by atoms with Gasteiger partial charge in [-0.05, 0) is 98.0 Å². The molecular formula is C28H36O4S. The van der Waals surface area contributed by atoms with Gasteiger partial charge in [0.25, 0.3) is 0 Å². The second-order valence-electron chi connectivity index (χ2n) is 9.64. The summed E-state index contributed by atoms with van der Waals surface area (Å²) in [5.41, 5.74) is 3.04. The van der Waals surface area contributed by atoms with Crippen LogP contribution in [0.4, 0.5) is 0 Å². The van der Waals surface area contributed by atoms with Crippen LogP contribution in [0.5, 0.6) is 5.75 Å². The summed E-state index contributed by atoms with van der Waals surface area (Å²) in [4.78, 5) is 26.0. The van der Waals surface area contributed by atoms with E-state index in [-0.39, 0.29) is 24.2 Å². The summed E-state index contributed by atoms with van der Waals surface area (Å²) < 4.78 is 11.4. The molecule has 5 heteroatoms. The van der Waals surface area contributed by atoms with Crippen LogP contribution >= 0.6 is 11.8 Å². The number of ketones is 1. The summed E-state index contributed by atoms with van der Waals surface area (Å²) in [6, 6.07) is 11.7. The predicted octanol–water partition coefficient (Wildman–Crippen LogP) is 7.27. The number of allylic oxidation sites excluding steroid dienone is 1. The van der Waals surface area contributed by atoms with E-state index in [1.54, 1.807) is 17.8 Å². The lowest BCUT2D eigenvalue weighted by atomic mass is 9.91. The van der Waals surface area contributed by atoms with Crippen LogP contribution in [-0.2, 0) is 9.53 Å². The van der Waals surface area contributed by atoms with Crippen molar-refractivity contribution < 1.29 is 19.1 Å². The zero-order valence-corrected chi connectivity index (χ0v) is 21.8. The Labute approximate surface area is 202 Å². The average Bonchev–Trinajstić information content (AvgIpc) is 2.74. The molecule has 0 radical (unpaired) electrons. The molecule has 33 heavy (non-hydrogen) atoms. The Kier molecular flexibility index (Phi) is 9.35. The third kappa shape index (κ3) is 8.08. The minimum atomic E-state index is -0.556. The lowest BCUT2D eigenvalue weighted by Crippen LogP contribution is -2.27. The fraction of sp³-hybridized carbons (Fsp3) is 0.429. The largest absolute Gasteiger partial charge is 0.481 e. The van der Waals surface area contributed by atoms with Gasteiger partial charge in [0, 0.05) is 10.5 Å². The van der Waals surface area contributed by atoms with E-state index >= 15 is 0 Å². The fourth-order valence-corrected chi connectivity index (χ4v) is 3.75. The Balaban J connectivity index is 2.32. The first-order valence-electron chi connectivity index (χ1n) is 11.3. The molecule has 2 aromatic carbocycles. The minimum Gasteiger partial charge on any atom is -0.481 e. The van der Waals surface area contributed by atoms with Crippen molar-refractivity contribution in [3.8, 4) is 5.75 Å². The molecule has 0 aliphatic carbocycles. The lowest BCUT2D eigenvalue weighted by Gasteiger charge is -2.23. The van der Waals surface area contributed by atoms with Gasteiger partial charge in [0.1, 0.15) is 11.4 Å². The summed E-state index contributed by atoms with van der Waals surface area (Å²) in [5, 5.41) is 0. The number of carbonyl (C=O) groups is 2. The smallest absolute Gasteiger partial charge is 0.344 e. The first-order valence-corrected chi connectivity index (χ1v) is 12.5. The highest BCUT2D eigenvalue weighted by molar-refractivity contribution is 7.98. The van der Waals surface area contributed by atoms with E-state index in [9.17, 15) is 9.59 Å². The number of ether oxygens (including phenoxy) is 2. The molecule has 4 nitrogen and oxygen atoms in total. The monoisotopic (exact) mass is 468 g/mol.